The Morgan fingerprint density at radius 3 is 2.71 bits per heavy atom. The average molecular weight is 291 g/mol. The fourth-order valence-corrected chi connectivity index (χ4v) is 2.72. The van der Waals surface area contributed by atoms with Crippen LogP contribution in [-0.4, -0.2) is 63.7 Å². The molecule has 1 aliphatic rings. The van der Waals surface area contributed by atoms with Gasteiger partial charge in [-0.2, -0.15) is 0 Å². The largest absolute Gasteiger partial charge is 0.492 e. The van der Waals surface area contributed by atoms with Crippen molar-refractivity contribution in [2.45, 2.75) is 12.8 Å². The minimum atomic E-state index is 0.730. The van der Waals surface area contributed by atoms with E-state index in [2.05, 4.69) is 48.4 Å². The van der Waals surface area contributed by atoms with Gasteiger partial charge in [-0.3, -0.25) is 0 Å². The van der Waals surface area contributed by atoms with Crippen molar-refractivity contribution in [1.82, 2.24) is 9.80 Å². The Balaban J connectivity index is 1.71. The van der Waals surface area contributed by atoms with Crippen LogP contribution in [-0.2, 0) is 0 Å². The van der Waals surface area contributed by atoms with E-state index in [1.165, 1.54) is 31.6 Å². The van der Waals surface area contributed by atoms with Crippen LogP contribution in [0.3, 0.4) is 0 Å². The summed E-state index contributed by atoms with van der Waals surface area (Å²) in [5, 5.41) is 3.55. The van der Waals surface area contributed by atoms with Gasteiger partial charge in [0.2, 0.25) is 0 Å². The molecule has 0 bridgehead atoms. The maximum absolute atomic E-state index is 5.70. The van der Waals surface area contributed by atoms with Crippen molar-refractivity contribution >= 4 is 5.69 Å². The second kappa shape index (κ2) is 8.25. The Morgan fingerprint density at radius 1 is 1.29 bits per heavy atom. The molecule has 4 heteroatoms. The van der Waals surface area contributed by atoms with Crippen molar-refractivity contribution in [3.63, 3.8) is 0 Å². The molecule has 1 aromatic carbocycles. The molecule has 1 saturated heterocycles. The van der Waals surface area contributed by atoms with Gasteiger partial charge in [-0.25, -0.2) is 0 Å². The molecule has 21 heavy (non-hydrogen) atoms. The van der Waals surface area contributed by atoms with Gasteiger partial charge in [-0.15, -0.1) is 0 Å². The first-order valence-corrected chi connectivity index (χ1v) is 7.93. The summed E-state index contributed by atoms with van der Waals surface area (Å²) in [5.41, 5.74) is 1.18. The van der Waals surface area contributed by atoms with Crippen LogP contribution in [0.2, 0.25) is 0 Å². The highest BCUT2D eigenvalue weighted by Gasteiger charge is 2.16. The number of likely N-dealkylation sites (tertiary alicyclic amines) is 1. The molecule has 0 aromatic heterocycles. The number of anilines is 1. The van der Waals surface area contributed by atoms with Gasteiger partial charge < -0.3 is 19.9 Å². The zero-order valence-corrected chi connectivity index (χ0v) is 13.6. The Kier molecular flexibility index (Phi) is 6.33. The summed E-state index contributed by atoms with van der Waals surface area (Å²) in [5.74, 6) is 1.71. The van der Waals surface area contributed by atoms with E-state index in [9.17, 15) is 0 Å². The molecule has 0 saturated carbocycles. The number of piperidine rings is 1. The molecular formula is C17H29N3O. The third-order valence-corrected chi connectivity index (χ3v) is 3.98. The average Bonchev–Trinajstić information content (AvgIpc) is 2.46. The first-order valence-electron chi connectivity index (χ1n) is 7.93. The highest BCUT2D eigenvalue weighted by atomic mass is 16.5. The van der Waals surface area contributed by atoms with Crippen LogP contribution in [0.4, 0.5) is 5.69 Å². The van der Waals surface area contributed by atoms with E-state index < -0.39 is 0 Å². The highest BCUT2D eigenvalue weighted by Crippen LogP contribution is 2.18. The maximum Gasteiger partial charge on any atom is 0.119 e. The van der Waals surface area contributed by atoms with Crippen LogP contribution in [0.25, 0.3) is 0 Å². The van der Waals surface area contributed by atoms with E-state index in [1.807, 2.05) is 12.1 Å². The summed E-state index contributed by atoms with van der Waals surface area (Å²) in [6, 6.07) is 8.31. The van der Waals surface area contributed by atoms with Crippen molar-refractivity contribution in [3.05, 3.63) is 24.3 Å². The van der Waals surface area contributed by atoms with Gasteiger partial charge in [0.15, 0.2) is 0 Å². The molecular weight excluding hydrogens is 262 g/mol. The third-order valence-electron chi connectivity index (χ3n) is 3.98. The zero-order chi connectivity index (χ0) is 15.1. The first kappa shape index (κ1) is 16.1. The number of hydrogen-bond donors (Lipinski definition) is 1. The van der Waals surface area contributed by atoms with Gasteiger partial charge in [0.25, 0.3) is 0 Å². The van der Waals surface area contributed by atoms with Crippen molar-refractivity contribution in [2.75, 3.05) is 59.2 Å². The molecule has 4 nitrogen and oxygen atoms in total. The standard InChI is InChI=1S/C17H29N3O/c1-19(2)11-12-21-17-8-6-16(7-9-17)18-13-15-5-4-10-20(3)14-15/h6-9,15,18H,4-5,10-14H2,1-3H3. The fourth-order valence-electron chi connectivity index (χ4n) is 2.72. The lowest BCUT2D eigenvalue weighted by Gasteiger charge is -2.30. The van der Waals surface area contributed by atoms with Crippen LogP contribution >= 0.6 is 0 Å². The van der Waals surface area contributed by atoms with E-state index in [-0.39, 0.29) is 0 Å². The Bertz CT molecular complexity index is 405. The summed E-state index contributed by atoms with van der Waals surface area (Å²) in [4.78, 5) is 4.55. The Morgan fingerprint density at radius 2 is 2.05 bits per heavy atom. The molecule has 118 valence electrons. The highest BCUT2D eigenvalue weighted by molar-refractivity contribution is 5.46. The fraction of sp³-hybridized carbons (Fsp3) is 0.647. The quantitative estimate of drug-likeness (QED) is 0.835. The first-order chi connectivity index (χ1) is 10.1. The summed E-state index contributed by atoms with van der Waals surface area (Å²) in [7, 11) is 6.32. The molecule has 1 aliphatic heterocycles. The van der Waals surface area contributed by atoms with Crippen LogP contribution < -0.4 is 10.1 Å². The molecule has 1 atom stereocenters. The summed E-state index contributed by atoms with van der Waals surface area (Å²) in [6.07, 6.45) is 2.66. The minimum absolute atomic E-state index is 0.730. The van der Waals surface area contributed by atoms with Crippen molar-refractivity contribution in [3.8, 4) is 5.75 Å². The predicted octanol–water partition coefficient (Wildman–Crippen LogP) is 2.38. The molecule has 2 rings (SSSR count). The number of nitrogens with zero attached hydrogens (tertiary/aromatic N) is 2. The predicted molar refractivity (Wildman–Crippen MR) is 89.2 cm³/mol. The molecule has 1 heterocycles. The van der Waals surface area contributed by atoms with Crippen molar-refractivity contribution in [2.24, 2.45) is 5.92 Å². The second-order valence-electron chi connectivity index (χ2n) is 6.33. The molecule has 0 aliphatic carbocycles. The molecule has 0 radical (unpaired) electrons. The van der Waals surface area contributed by atoms with Crippen molar-refractivity contribution in [1.29, 1.82) is 0 Å². The van der Waals surface area contributed by atoms with Gasteiger partial charge in [0, 0.05) is 25.3 Å². The lowest BCUT2D eigenvalue weighted by Crippen LogP contribution is -2.35. The van der Waals surface area contributed by atoms with E-state index in [0.29, 0.717) is 0 Å². The van der Waals surface area contributed by atoms with Gasteiger partial charge in [0.1, 0.15) is 12.4 Å². The SMILES string of the molecule is CN(C)CCOc1ccc(NCC2CCCN(C)C2)cc1. The van der Waals surface area contributed by atoms with E-state index in [0.717, 1.165) is 31.4 Å². The monoisotopic (exact) mass is 291 g/mol. The van der Waals surface area contributed by atoms with Crippen LogP contribution in [0.15, 0.2) is 24.3 Å². The molecule has 1 fully saturated rings. The summed E-state index contributed by atoms with van der Waals surface area (Å²) >= 11 is 0. The van der Waals surface area contributed by atoms with Crippen LogP contribution in [0, 0.1) is 5.92 Å². The lowest BCUT2D eigenvalue weighted by molar-refractivity contribution is 0.217. The lowest BCUT2D eigenvalue weighted by atomic mass is 9.98. The van der Waals surface area contributed by atoms with E-state index in [1.54, 1.807) is 0 Å². The number of benzene rings is 1. The minimum Gasteiger partial charge on any atom is -0.492 e. The molecule has 1 unspecified atom stereocenters. The molecule has 0 spiro atoms. The summed E-state index contributed by atoms with van der Waals surface area (Å²) < 4.78 is 5.70. The van der Waals surface area contributed by atoms with Gasteiger partial charge in [-0.05, 0) is 70.7 Å². The van der Waals surface area contributed by atoms with Gasteiger partial charge in [0.05, 0.1) is 0 Å². The number of nitrogens with one attached hydrogen (secondary N) is 1. The zero-order valence-electron chi connectivity index (χ0n) is 13.6. The Hall–Kier alpha value is -1.26. The Labute approximate surface area is 129 Å². The molecule has 0 amide bonds. The topological polar surface area (TPSA) is 27.7 Å². The van der Waals surface area contributed by atoms with Gasteiger partial charge >= 0.3 is 0 Å². The van der Waals surface area contributed by atoms with Crippen LogP contribution in [0.5, 0.6) is 5.75 Å². The van der Waals surface area contributed by atoms with Gasteiger partial charge in [-0.1, -0.05) is 0 Å². The van der Waals surface area contributed by atoms with Crippen molar-refractivity contribution < 1.29 is 4.74 Å². The van der Waals surface area contributed by atoms with Crippen LogP contribution in [0.1, 0.15) is 12.8 Å². The number of rotatable bonds is 7. The smallest absolute Gasteiger partial charge is 0.119 e. The second-order valence-corrected chi connectivity index (χ2v) is 6.33. The maximum atomic E-state index is 5.70. The van der Waals surface area contributed by atoms with E-state index >= 15 is 0 Å². The molecule has 1 aromatic rings. The number of likely N-dealkylation sites (N-methyl/N-ethyl adjacent to an activating group) is 1. The third kappa shape index (κ3) is 5.94. The number of ether oxygens (including phenoxy) is 1. The normalized spacial score (nSPS) is 19.7. The summed E-state index contributed by atoms with van der Waals surface area (Å²) in [6.45, 7) is 5.18. The number of hydrogen-bond acceptors (Lipinski definition) is 4. The van der Waals surface area contributed by atoms with E-state index in [4.69, 9.17) is 4.74 Å². The molecule has 1 N–H and O–H groups in total.